The molecule has 0 bridgehead atoms. The van der Waals surface area contributed by atoms with E-state index in [1.54, 1.807) is 4.90 Å². The molecule has 1 saturated heterocycles. The zero-order chi connectivity index (χ0) is 17.0. The number of nitrogens with zero attached hydrogens (tertiary/aromatic N) is 2. The second-order valence-electron chi connectivity index (χ2n) is 5.70. The van der Waals surface area contributed by atoms with Crippen LogP contribution in [0.5, 0.6) is 0 Å². The third kappa shape index (κ3) is 4.27. The molecule has 1 heterocycles. The first-order chi connectivity index (χ1) is 10.8. The van der Waals surface area contributed by atoms with Gasteiger partial charge in [-0.15, -0.1) is 0 Å². The van der Waals surface area contributed by atoms with E-state index < -0.39 is 15.8 Å². The fraction of sp³-hybridized carbons (Fsp3) is 0.533. The summed E-state index contributed by atoms with van der Waals surface area (Å²) < 4.78 is 38.7. The predicted octanol–water partition coefficient (Wildman–Crippen LogP) is -0.807. The zero-order valence-corrected chi connectivity index (χ0v) is 14.3. The number of likely N-dealkylation sites (N-methyl/N-ethyl adjacent to an activating group) is 2. The topological polar surface area (TPSA) is 62.1 Å². The van der Waals surface area contributed by atoms with Crippen molar-refractivity contribution in [3.63, 3.8) is 0 Å². The molecule has 0 unspecified atom stereocenters. The molecular formula is C15H23FN3O3S+. The highest BCUT2D eigenvalue weighted by Crippen LogP contribution is 2.14. The SMILES string of the molecule is CC[NH+]1CCN(C(=O)CN(C)S(=O)(=O)c2ccc(F)cc2)CC1. The van der Waals surface area contributed by atoms with E-state index in [2.05, 4.69) is 6.92 Å². The second kappa shape index (κ2) is 7.37. The van der Waals surface area contributed by atoms with Crippen LogP contribution in [0.15, 0.2) is 29.2 Å². The van der Waals surface area contributed by atoms with E-state index in [1.807, 2.05) is 0 Å². The summed E-state index contributed by atoms with van der Waals surface area (Å²) in [5, 5.41) is 0. The quantitative estimate of drug-likeness (QED) is 0.760. The fourth-order valence-electron chi connectivity index (χ4n) is 2.59. The number of rotatable bonds is 5. The lowest BCUT2D eigenvalue weighted by Gasteiger charge is -2.32. The van der Waals surface area contributed by atoms with E-state index in [9.17, 15) is 17.6 Å². The molecule has 0 aliphatic carbocycles. The number of sulfonamides is 1. The average Bonchev–Trinajstić information content (AvgIpc) is 2.55. The summed E-state index contributed by atoms with van der Waals surface area (Å²) in [7, 11) is -2.43. The molecule has 6 nitrogen and oxygen atoms in total. The maximum absolute atomic E-state index is 12.9. The number of nitrogens with one attached hydrogen (secondary N) is 1. The van der Waals surface area contributed by atoms with Crippen LogP contribution < -0.4 is 4.90 Å². The van der Waals surface area contributed by atoms with Gasteiger partial charge in [-0.2, -0.15) is 4.31 Å². The maximum Gasteiger partial charge on any atom is 0.243 e. The van der Waals surface area contributed by atoms with Crippen LogP contribution in [-0.2, 0) is 14.8 Å². The second-order valence-corrected chi connectivity index (χ2v) is 7.74. The van der Waals surface area contributed by atoms with E-state index in [4.69, 9.17) is 0 Å². The fourth-order valence-corrected chi connectivity index (χ4v) is 3.71. The molecule has 1 fully saturated rings. The molecule has 0 aromatic heterocycles. The van der Waals surface area contributed by atoms with Gasteiger partial charge in [0.05, 0.1) is 44.2 Å². The molecule has 0 radical (unpaired) electrons. The van der Waals surface area contributed by atoms with E-state index in [1.165, 1.54) is 24.1 Å². The van der Waals surface area contributed by atoms with Crippen molar-refractivity contribution in [1.82, 2.24) is 9.21 Å². The monoisotopic (exact) mass is 344 g/mol. The van der Waals surface area contributed by atoms with Gasteiger partial charge in [0.15, 0.2) is 0 Å². The number of quaternary nitrogens is 1. The average molecular weight is 344 g/mol. The van der Waals surface area contributed by atoms with E-state index in [-0.39, 0.29) is 17.3 Å². The van der Waals surface area contributed by atoms with Crippen LogP contribution in [0.1, 0.15) is 6.92 Å². The Bertz CT molecular complexity index is 640. The largest absolute Gasteiger partial charge is 0.332 e. The lowest BCUT2D eigenvalue weighted by molar-refractivity contribution is -0.902. The van der Waals surface area contributed by atoms with Crippen molar-refractivity contribution >= 4 is 15.9 Å². The molecule has 0 atom stereocenters. The molecule has 1 aliphatic rings. The summed E-state index contributed by atoms with van der Waals surface area (Å²) >= 11 is 0. The van der Waals surface area contributed by atoms with Gasteiger partial charge >= 0.3 is 0 Å². The molecule has 0 saturated carbocycles. The Morgan fingerprint density at radius 2 is 1.83 bits per heavy atom. The number of halogens is 1. The molecule has 8 heteroatoms. The van der Waals surface area contributed by atoms with Crippen molar-refractivity contribution in [2.24, 2.45) is 0 Å². The highest BCUT2D eigenvalue weighted by atomic mass is 32.2. The van der Waals surface area contributed by atoms with Crippen LogP contribution in [0.3, 0.4) is 0 Å². The molecule has 2 rings (SSSR count). The normalized spacial score (nSPS) is 16.8. The first-order valence-electron chi connectivity index (χ1n) is 7.68. The smallest absolute Gasteiger partial charge is 0.243 e. The number of hydrogen-bond donors (Lipinski definition) is 1. The Hall–Kier alpha value is -1.51. The van der Waals surface area contributed by atoms with Gasteiger partial charge in [0.2, 0.25) is 15.9 Å². The Balaban J connectivity index is 1.99. The molecule has 1 aromatic rings. The Morgan fingerprint density at radius 1 is 1.26 bits per heavy atom. The minimum absolute atomic E-state index is 0.0190. The molecule has 1 aliphatic heterocycles. The Morgan fingerprint density at radius 3 is 2.35 bits per heavy atom. The summed E-state index contributed by atoms with van der Waals surface area (Å²) in [6.45, 7) is 5.99. The molecule has 1 amide bonds. The molecule has 128 valence electrons. The molecule has 1 N–H and O–H groups in total. The lowest BCUT2D eigenvalue weighted by atomic mass is 10.3. The van der Waals surface area contributed by atoms with E-state index >= 15 is 0 Å². The first kappa shape index (κ1) is 17.8. The molecule has 1 aromatic carbocycles. The van der Waals surface area contributed by atoms with Gasteiger partial charge in [0, 0.05) is 7.05 Å². The van der Waals surface area contributed by atoms with Crippen molar-refractivity contribution in [3.8, 4) is 0 Å². The van der Waals surface area contributed by atoms with Crippen molar-refractivity contribution in [2.45, 2.75) is 11.8 Å². The molecule has 0 spiro atoms. The van der Waals surface area contributed by atoms with Gasteiger partial charge in [-0.05, 0) is 31.2 Å². The molecule has 23 heavy (non-hydrogen) atoms. The first-order valence-corrected chi connectivity index (χ1v) is 9.12. The zero-order valence-electron chi connectivity index (χ0n) is 13.5. The minimum Gasteiger partial charge on any atom is -0.332 e. The van der Waals surface area contributed by atoms with E-state index in [0.717, 1.165) is 36.1 Å². The third-order valence-electron chi connectivity index (χ3n) is 4.20. The number of carbonyl (C=O) groups excluding carboxylic acids is 1. The summed E-state index contributed by atoms with van der Waals surface area (Å²) in [5.41, 5.74) is 0. The number of carbonyl (C=O) groups is 1. The maximum atomic E-state index is 12.9. The number of piperazine rings is 1. The highest BCUT2D eigenvalue weighted by molar-refractivity contribution is 7.89. The summed E-state index contributed by atoms with van der Waals surface area (Å²) in [5.74, 6) is -0.702. The Kier molecular flexibility index (Phi) is 5.72. The van der Waals surface area contributed by atoms with Crippen LogP contribution >= 0.6 is 0 Å². The van der Waals surface area contributed by atoms with Crippen molar-refractivity contribution < 1.29 is 22.5 Å². The summed E-state index contributed by atoms with van der Waals surface area (Å²) in [4.78, 5) is 15.4. The van der Waals surface area contributed by atoms with Crippen molar-refractivity contribution in [2.75, 3.05) is 46.3 Å². The van der Waals surface area contributed by atoms with Gasteiger partial charge in [-0.1, -0.05) is 0 Å². The van der Waals surface area contributed by atoms with Crippen LogP contribution in [-0.4, -0.2) is 69.8 Å². The highest BCUT2D eigenvalue weighted by Gasteiger charge is 2.27. The van der Waals surface area contributed by atoms with Crippen LogP contribution in [0.4, 0.5) is 4.39 Å². The third-order valence-corrected chi connectivity index (χ3v) is 6.02. The number of benzene rings is 1. The minimum atomic E-state index is -3.79. The summed E-state index contributed by atoms with van der Waals surface area (Å²) in [6, 6.07) is 4.59. The van der Waals surface area contributed by atoms with Gasteiger partial charge in [0.1, 0.15) is 5.82 Å². The lowest BCUT2D eigenvalue weighted by Crippen LogP contribution is -3.14. The standard InChI is InChI=1S/C15H22FN3O3S/c1-3-18-8-10-19(11-9-18)15(20)12-17(2)23(21,22)14-6-4-13(16)5-7-14/h4-7H,3,8-12H2,1-2H3/p+1. The van der Waals surface area contributed by atoms with Crippen LogP contribution in [0.25, 0.3) is 0 Å². The summed E-state index contributed by atoms with van der Waals surface area (Å²) in [6.07, 6.45) is 0. The van der Waals surface area contributed by atoms with Crippen LogP contribution in [0.2, 0.25) is 0 Å². The predicted molar refractivity (Wildman–Crippen MR) is 84.0 cm³/mol. The number of amides is 1. The van der Waals surface area contributed by atoms with Gasteiger partial charge < -0.3 is 9.80 Å². The Labute approximate surface area is 136 Å². The van der Waals surface area contributed by atoms with Crippen molar-refractivity contribution in [3.05, 3.63) is 30.1 Å². The van der Waals surface area contributed by atoms with Crippen LogP contribution in [0, 0.1) is 5.82 Å². The van der Waals surface area contributed by atoms with Gasteiger partial charge in [-0.3, -0.25) is 4.79 Å². The van der Waals surface area contributed by atoms with Gasteiger partial charge in [-0.25, -0.2) is 12.8 Å². The molecular weight excluding hydrogens is 321 g/mol. The van der Waals surface area contributed by atoms with Crippen molar-refractivity contribution in [1.29, 1.82) is 0 Å². The number of hydrogen-bond acceptors (Lipinski definition) is 3. The van der Waals surface area contributed by atoms with E-state index in [0.29, 0.717) is 13.1 Å². The van der Waals surface area contributed by atoms with Gasteiger partial charge in [0.25, 0.3) is 0 Å².